The minimum absolute atomic E-state index is 0.0201. The molecule has 1 N–H and O–H groups in total. The number of hydrogen-bond donors (Lipinski definition) is 1. The summed E-state index contributed by atoms with van der Waals surface area (Å²) < 4.78 is 0. The molecule has 0 heterocycles. The Kier molecular flexibility index (Phi) is 4.91. The van der Waals surface area contributed by atoms with Gasteiger partial charge in [-0.3, -0.25) is 14.9 Å². The Bertz CT molecular complexity index is 757. The number of nitrogens with one attached hydrogen (secondary N) is 1. The first kappa shape index (κ1) is 15.7. The molecule has 1 amide bonds. The first-order valence-electron chi connectivity index (χ1n) is 6.46. The van der Waals surface area contributed by atoms with Gasteiger partial charge in [-0.2, -0.15) is 0 Å². The lowest BCUT2D eigenvalue weighted by Gasteiger charge is -2.07. The lowest BCUT2D eigenvalue weighted by molar-refractivity contribution is -0.384. The molecular weight excluding hydrogens is 304 g/mol. The average molecular weight is 317 g/mol. The summed E-state index contributed by atoms with van der Waals surface area (Å²) >= 11 is 5.98. The number of carbonyl (C=O) groups excluding carboxylic acids is 1. The standard InChI is InChI=1S/C16H13ClN2O3/c1-11-14(17)6-3-7-15(11)18-16(20)9-8-12-4-2-5-13(10-12)19(21)22/h2-10H,1H3,(H,18,20)/b9-8+. The van der Waals surface area contributed by atoms with Crippen LogP contribution >= 0.6 is 11.6 Å². The quantitative estimate of drug-likeness (QED) is 0.521. The van der Waals surface area contributed by atoms with Gasteiger partial charge in [0.25, 0.3) is 5.69 Å². The van der Waals surface area contributed by atoms with E-state index in [-0.39, 0.29) is 11.6 Å². The predicted octanol–water partition coefficient (Wildman–Crippen LogP) is 4.21. The van der Waals surface area contributed by atoms with Crippen molar-refractivity contribution in [1.29, 1.82) is 0 Å². The second-order valence-corrected chi connectivity index (χ2v) is 4.99. The number of benzene rings is 2. The van der Waals surface area contributed by atoms with Crippen molar-refractivity contribution >= 4 is 35.0 Å². The van der Waals surface area contributed by atoms with E-state index in [1.807, 2.05) is 6.92 Å². The highest BCUT2D eigenvalue weighted by Gasteiger charge is 2.06. The molecule has 0 saturated heterocycles. The van der Waals surface area contributed by atoms with E-state index in [2.05, 4.69) is 5.32 Å². The largest absolute Gasteiger partial charge is 0.322 e. The Morgan fingerprint density at radius 2 is 2.00 bits per heavy atom. The van der Waals surface area contributed by atoms with E-state index in [1.165, 1.54) is 24.3 Å². The van der Waals surface area contributed by atoms with Crippen molar-refractivity contribution in [2.24, 2.45) is 0 Å². The number of nitro benzene ring substituents is 1. The Labute approximate surface area is 132 Å². The molecule has 6 heteroatoms. The van der Waals surface area contributed by atoms with Crippen LogP contribution in [0.3, 0.4) is 0 Å². The van der Waals surface area contributed by atoms with E-state index >= 15 is 0 Å². The summed E-state index contributed by atoms with van der Waals surface area (Å²) in [7, 11) is 0. The summed E-state index contributed by atoms with van der Waals surface area (Å²) in [5, 5.41) is 14.0. The summed E-state index contributed by atoms with van der Waals surface area (Å²) in [5.74, 6) is -0.336. The minimum Gasteiger partial charge on any atom is -0.322 e. The average Bonchev–Trinajstić information content (AvgIpc) is 2.50. The van der Waals surface area contributed by atoms with E-state index in [0.29, 0.717) is 16.3 Å². The molecule has 0 aliphatic rings. The molecule has 0 saturated carbocycles. The molecule has 0 fully saturated rings. The molecule has 2 aromatic rings. The molecular formula is C16H13ClN2O3. The number of hydrogen-bond acceptors (Lipinski definition) is 3. The molecule has 0 bridgehead atoms. The summed E-state index contributed by atoms with van der Waals surface area (Å²) in [6.07, 6.45) is 2.83. The fraction of sp³-hybridized carbons (Fsp3) is 0.0625. The summed E-state index contributed by atoms with van der Waals surface area (Å²) in [5.41, 5.74) is 1.96. The second kappa shape index (κ2) is 6.87. The van der Waals surface area contributed by atoms with Gasteiger partial charge in [0.15, 0.2) is 0 Å². The second-order valence-electron chi connectivity index (χ2n) is 4.59. The van der Waals surface area contributed by atoms with Gasteiger partial charge < -0.3 is 5.32 Å². The van der Waals surface area contributed by atoms with E-state index in [0.717, 1.165) is 5.56 Å². The normalized spacial score (nSPS) is 10.6. The highest BCUT2D eigenvalue weighted by Crippen LogP contribution is 2.23. The lowest BCUT2D eigenvalue weighted by atomic mass is 10.2. The van der Waals surface area contributed by atoms with Gasteiger partial charge in [-0.15, -0.1) is 0 Å². The Morgan fingerprint density at radius 3 is 2.73 bits per heavy atom. The van der Waals surface area contributed by atoms with Gasteiger partial charge in [-0.05, 0) is 36.3 Å². The maximum atomic E-state index is 11.9. The molecule has 2 aromatic carbocycles. The van der Waals surface area contributed by atoms with Gasteiger partial charge >= 0.3 is 0 Å². The third kappa shape index (κ3) is 3.93. The molecule has 22 heavy (non-hydrogen) atoms. The smallest absolute Gasteiger partial charge is 0.270 e. The topological polar surface area (TPSA) is 72.2 Å². The van der Waals surface area contributed by atoms with Crippen molar-refractivity contribution in [2.45, 2.75) is 6.92 Å². The van der Waals surface area contributed by atoms with Crippen LogP contribution in [0.5, 0.6) is 0 Å². The van der Waals surface area contributed by atoms with Gasteiger partial charge in [-0.25, -0.2) is 0 Å². The van der Waals surface area contributed by atoms with Crippen molar-refractivity contribution in [3.05, 3.63) is 74.8 Å². The maximum absolute atomic E-state index is 11.9. The highest BCUT2D eigenvalue weighted by atomic mass is 35.5. The number of anilines is 1. The number of nitrogens with zero attached hydrogens (tertiary/aromatic N) is 1. The number of carbonyl (C=O) groups is 1. The molecule has 2 rings (SSSR count). The molecule has 112 valence electrons. The van der Waals surface area contributed by atoms with Crippen LogP contribution in [-0.4, -0.2) is 10.8 Å². The van der Waals surface area contributed by atoms with Crippen molar-refractivity contribution < 1.29 is 9.72 Å². The molecule has 0 aromatic heterocycles. The van der Waals surface area contributed by atoms with Crippen LogP contribution < -0.4 is 5.32 Å². The van der Waals surface area contributed by atoms with Crippen molar-refractivity contribution in [2.75, 3.05) is 5.32 Å². The fourth-order valence-electron chi connectivity index (χ4n) is 1.83. The number of nitro groups is 1. The monoisotopic (exact) mass is 316 g/mol. The molecule has 5 nitrogen and oxygen atoms in total. The molecule has 0 aliphatic heterocycles. The Morgan fingerprint density at radius 1 is 1.27 bits per heavy atom. The van der Waals surface area contributed by atoms with Crippen LogP contribution in [0.15, 0.2) is 48.5 Å². The first-order valence-corrected chi connectivity index (χ1v) is 6.84. The molecule has 0 aliphatic carbocycles. The van der Waals surface area contributed by atoms with Crippen LogP contribution in [0, 0.1) is 17.0 Å². The van der Waals surface area contributed by atoms with Crippen LogP contribution in [-0.2, 0) is 4.79 Å². The van der Waals surface area contributed by atoms with Crippen molar-refractivity contribution in [3.8, 4) is 0 Å². The predicted molar refractivity (Wildman–Crippen MR) is 86.9 cm³/mol. The van der Waals surface area contributed by atoms with Gasteiger partial charge in [0.05, 0.1) is 4.92 Å². The minimum atomic E-state index is -0.479. The summed E-state index contributed by atoms with van der Waals surface area (Å²) in [4.78, 5) is 22.1. The molecule has 0 radical (unpaired) electrons. The van der Waals surface area contributed by atoms with E-state index in [4.69, 9.17) is 11.6 Å². The molecule has 0 unspecified atom stereocenters. The van der Waals surface area contributed by atoms with Gasteiger partial charge in [0.1, 0.15) is 0 Å². The van der Waals surface area contributed by atoms with E-state index in [1.54, 1.807) is 30.3 Å². The number of non-ortho nitro benzene ring substituents is 1. The zero-order valence-corrected chi connectivity index (χ0v) is 12.5. The zero-order valence-electron chi connectivity index (χ0n) is 11.7. The SMILES string of the molecule is Cc1c(Cl)cccc1NC(=O)/C=C/c1cccc([N+](=O)[O-])c1. The van der Waals surface area contributed by atoms with E-state index in [9.17, 15) is 14.9 Å². The van der Waals surface area contributed by atoms with Crippen molar-refractivity contribution in [3.63, 3.8) is 0 Å². The zero-order chi connectivity index (χ0) is 16.1. The summed E-state index contributed by atoms with van der Waals surface area (Å²) in [6.45, 7) is 1.81. The highest BCUT2D eigenvalue weighted by molar-refractivity contribution is 6.31. The molecule has 0 spiro atoms. The van der Waals surface area contributed by atoms with Crippen molar-refractivity contribution in [1.82, 2.24) is 0 Å². The van der Waals surface area contributed by atoms with Gasteiger partial charge in [0, 0.05) is 28.9 Å². The van der Waals surface area contributed by atoms with Crippen LogP contribution in [0.2, 0.25) is 5.02 Å². The molecule has 0 atom stereocenters. The Balaban J connectivity index is 2.10. The van der Waals surface area contributed by atoms with Crippen LogP contribution in [0.4, 0.5) is 11.4 Å². The third-order valence-corrected chi connectivity index (χ3v) is 3.44. The summed E-state index contributed by atoms with van der Waals surface area (Å²) in [6, 6.07) is 11.3. The van der Waals surface area contributed by atoms with E-state index < -0.39 is 4.92 Å². The number of halogens is 1. The number of rotatable bonds is 4. The van der Waals surface area contributed by atoms with Gasteiger partial charge in [0.2, 0.25) is 5.91 Å². The third-order valence-electron chi connectivity index (χ3n) is 3.03. The fourth-order valence-corrected chi connectivity index (χ4v) is 2.01. The number of amides is 1. The van der Waals surface area contributed by atoms with Gasteiger partial charge in [-0.1, -0.05) is 29.8 Å². The maximum Gasteiger partial charge on any atom is 0.270 e. The van der Waals surface area contributed by atoms with Crippen LogP contribution in [0.1, 0.15) is 11.1 Å². The Hall–Kier alpha value is -2.66. The first-order chi connectivity index (χ1) is 10.5. The van der Waals surface area contributed by atoms with Crippen LogP contribution in [0.25, 0.3) is 6.08 Å². The lowest BCUT2D eigenvalue weighted by Crippen LogP contribution is -2.08.